The first-order valence-corrected chi connectivity index (χ1v) is 6.48. The molecule has 0 heterocycles. The molecule has 5 N–H and O–H groups in total. The van der Waals surface area contributed by atoms with Crippen LogP contribution in [0, 0.1) is 0 Å². The quantitative estimate of drug-likeness (QED) is 0.573. The second-order valence-electron chi connectivity index (χ2n) is 3.67. The highest BCUT2D eigenvalue weighted by molar-refractivity contribution is 7.98. The zero-order valence-electron chi connectivity index (χ0n) is 9.60. The van der Waals surface area contributed by atoms with E-state index in [1.165, 1.54) is 4.90 Å². The number of nitrogens with one attached hydrogen (secondary N) is 1. The summed E-state index contributed by atoms with van der Waals surface area (Å²) in [5.41, 5.74) is 14.7. The van der Waals surface area contributed by atoms with E-state index < -0.39 is 0 Å². The van der Waals surface area contributed by atoms with Crippen LogP contribution >= 0.6 is 11.8 Å². The van der Waals surface area contributed by atoms with Gasteiger partial charge in [0.2, 0.25) is 0 Å². The molecule has 88 valence electrons. The predicted octanol–water partition coefficient (Wildman–Crippen LogP) is 3.32. The highest BCUT2D eigenvalue weighted by atomic mass is 32.2. The second-order valence-corrected chi connectivity index (χ2v) is 4.52. The van der Waals surface area contributed by atoms with E-state index in [9.17, 15) is 0 Å². The van der Waals surface area contributed by atoms with Gasteiger partial charge in [0.15, 0.2) is 0 Å². The van der Waals surface area contributed by atoms with Crippen LogP contribution in [0.25, 0.3) is 0 Å². The van der Waals surface area contributed by atoms with E-state index in [2.05, 4.69) is 17.6 Å². The zero-order chi connectivity index (χ0) is 12.3. The first-order chi connectivity index (χ1) is 8.20. The lowest BCUT2D eigenvalue weighted by atomic mass is 10.2. The molecular formula is C13H15N3S. The molecule has 0 radical (unpaired) electrons. The van der Waals surface area contributed by atoms with Gasteiger partial charge in [0, 0.05) is 10.6 Å². The Balaban J connectivity index is 2.28. The smallest absolute Gasteiger partial charge is 0.0568 e. The molecule has 0 fully saturated rings. The highest BCUT2D eigenvalue weighted by Crippen LogP contribution is 2.29. The Hall–Kier alpha value is -1.81. The zero-order valence-corrected chi connectivity index (χ0v) is 10.4. The minimum absolute atomic E-state index is 0.594. The van der Waals surface area contributed by atoms with E-state index in [4.69, 9.17) is 11.5 Å². The van der Waals surface area contributed by atoms with Gasteiger partial charge in [-0.1, -0.05) is 12.1 Å². The molecule has 4 heteroatoms. The Morgan fingerprint density at radius 1 is 1.00 bits per heavy atom. The fourth-order valence-electron chi connectivity index (χ4n) is 1.56. The van der Waals surface area contributed by atoms with E-state index in [1.807, 2.05) is 30.3 Å². The largest absolute Gasteiger partial charge is 0.397 e. The van der Waals surface area contributed by atoms with Crippen molar-refractivity contribution in [2.45, 2.75) is 4.90 Å². The second kappa shape index (κ2) is 5.01. The molecule has 0 saturated carbocycles. The topological polar surface area (TPSA) is 64.1 Å². The highest BCUT2D eigenvalue weighted by Gasteiger charge is 2.02. The molecule has 0 atom stereocenters. The van der Waals surface area contributed by atoms with Crippen LogP contribution in [0.5, 0.6) is 0 Å². The van der Waals surface area contributed by atoms with Gasteiger partial charge in [0.05, 0.1) is 17.1 Å². The molecular weight excluding hydrogens is 230 g/mol. The lowest BCUT2D eigenvalue weighted by Gasteiger charge is -2.11. The van der Waals surface area contributed by atoms with Crippen molar-refractivity contribution in [3.05, 3.63) is 42.5 Å². The predicted molar refractivity (Wildman–Crippen MR) is 76.8 cm³/mol. The van der Waals surface area contributed by atoms with Gasteiger partial charge >= 0.3 is 0 Å². The van der Waals surface area contributed by atoms with E-state index in [0.29, 0.717) is 11.4 Å². The summed E-state index contributed by atoms with van der Waals surface area (Å²) in [6.07, 6.45) is 2.05. The molecule has 3 nitrogen and oxygen atoms in total. The maximum absolute atomic E-state index is 5.77. The van der Waals surface area contributed by atoms with Crippen molar-refractivity contribution in [3.8, 4) is 0 Å². The summed E-state index contributed by atoms with van der Waals surface area (Å²) in [7, 11) is 0. The van der Waals surface area contributed by atoms with Crippen LogP contribution in [-0.2, 0) is 0 Å². The maximum Gasteiger partial charge on any atom is 0.0568 e. The van der Waals surface area contributed by atoms with E-state index in [0.717, 1.165) is 11.4 Å². The van der Waals surface area contributed by atoms with Gasteiger partial charge in [-0.3, -0.25) is 0 Å². The number of thioether (sulfide) groups is 1. The van der Waals surface area contributed by atoms with E-state index in [-0.39, 0.29) is 0 Å². The summed E-state index contributed by atoms with van der Waals surface area (Å²) in [6, 6.07) is 13.7. The number of hydrogen-bond donors (Lipinski definition) is 3. The first kappa shape index (κ1) is 11.7. The molecule has 2 aromatic rings. The summed E-state index contributed by atoms with van der Waals surface area (Å²) >= 11 is 1.70. The molecule has 0 spiro atoms. The summed E-state index contributed by atoms with van der Waals surface area (Å²) in [4.78, 5) is 1.20. The Labute approximate surface area is 105 Å². The number of hydrogen-bond acceptors (Lipinski definition) is 4. The van der Waals surface area contributed by atoms with Gasteiger partial charge in [0.25, 0.3) is 0 Å². The Morgan fingerprint density at radius 2 is 1.76 bits per heavy atom. The van der Waals surface area contributed by atoms with Gasteiger partial charge in [-0.2, -0.15) is 0 Å². The van der Waals surface area contributed by atoms with Crippen molar-refractivity contribution in [1.82, 2.24) is 0 Å². The molecule has 0 amide bonds. The van der Waals surface area contributed by atoms with Gasteiger partial charge in [-0.05, 0) is 36.6 Å². The third-order valence-corrected chi connectivity index (χ3v) is 3.27. The lowest BCUT2D eigenvalue weighted by molar-refractivity contribution is 1.42. The number of nitrogen functional groups attached to an aromatic ring is 2. The van der Waals surface area contributed by atoms with Crippen molar-refractivity contribution >= 4 is 34.5 Å². The number of rotatable bonds is 3. The van der Waals surface area contributed by atoms with Crippen LogP contribution < -0.4 is 16.8 Å². The minimum atomic E-state index is 0.594. The van der Waals surface area contributed by atoms with Crippen molar-refractivity contribution in [3.63, 3.8) is 0 Å². The minimum Gasteiger partial charge on any atom is -0.397 e. The van der Waals surface area contributed by atoms with Crippen LogP contribution in [0.3, 0.4) is 0 Å². The standard InChI is InChI=1S/C13H15N3S/c1-17-13-5-3-2-4-12(13)16-9-6-7-10(14)11(15)8-9/h2-8,16H,14-15H2,1H3. The molecule has 0 saturated heterocycles. The molecule has 0 aliphatic rings. The van der Waals surface area contributed by atoms with E-state index in [1.54, 1.807) is 17.8 Å². The molecule has 17 heavy (non-hydrogen) atoms. The van der Waals surface area contributed by atoms with Crippen LogP contribution in [0.15, 0.2) is 47.4 Å². The fraction of sp³-hybridized carbons (Fsp3) is 0.0769. The Bertz CT molecular complexity index is 526. The monoisotopic (exact) mass is 245 g/mol. The van der Waals surface area contributed by atoms with Crippen LogP contribution in [0.4, 0.5) is 22.7 Å². The average Bonchev–Trinajstić information content (AvgIpc) is 2.34. The summed E-state index contributed by atoms with van der Waals surface area (Å²) < 4.78 is 0. The van der Waals surface area contributed by atoms with Crippen LogP contribution in [0.1, 0.15) is 0 Å². The van der Waals surface area contributed by atoms with Crippen molar-refractivity contribution < 1.29 is 0 Å². The lowest BCUT2D eigenvalue weighted by Crippen LogP contribution is -1.97. The van der Waals surface area contributed by atoms with Gasteiger partial charge in [-0.25, -0.2) is 0 Å². The summed E-state index contributed by atoms with van der Waals surface area (Å²) in [6.45, 7) is 0. The third kappa shape index (κ3) is 2.65. The molecule has 0 unspecified atom stereocenters. The molecule has 0 aromatic heterocycles. The van der Waals surface area contributed by atoms with Gasteiger partial charge in [-0.15, -0.1) is 11.8 Å². The van der Waals surface area contributed by atoms with Crippen LogP contribution in [-0.4, -0.2) is 6.26 Å². The molecule has 2 rings (SSSR count). The normalized spacial score (nSPS) is 10.2. The van der Waals surface area contributed by atoms with E-state index >= 15 is 0 Å². The SMILES string of the molecule is CSc1ccccc1Nc1ccc(N)c(N)c1. The number of nitrogens with two attached hydrogens (primary N) is 2. The molecule has 2 aromatic carbocycles. The molecule has 0 aliphatic heterocycles. The first-order valence-electron chi connectivity index (χ1n) is 5.26. The Kier molecular flexibility index (Phi) is 3.44. The molecule has 0 bridgehead atoms. The summed E-state index contributed by atoms with van der Waals surface area (Å²) in [5, 5.41) is 3.34. The third-order valence-electron chi connectivity index (χ3n) is 2.47. The van der Waals surface area contributed by atoms with Gasteiger partial charge < -0.3 is 16.8 Å². The number of para-hydroxylation sites is 1. The average molecular weight is 245 g/mol. The van der Waals surface area contributed by atoms with Crippen molar-refractivity contribution in [2.24, 2.45) is 0 Å². The maximum atomic E-state index is 5.77. The van der Waals surface area contributed by atoms with Gasteiger partial charge in [0.1, 0.15) is 0 Å². The Morgan fingerprint density at radius 3 is 2.47 bits per heavy atom. The number of anilines is 4. The molecule has 0 aliphatic carbocycles. The number of benzene rings is 2. The summed E-state index contributed by atoms with van der Waals surface area (Å²) in [5.74, 6) is 0. The fourth-order valence-corrected chi connectivity index (χ4v) is 2.11. The van der Waals surface area contributed by atoms with Crippen molar-refractivity contribution in [2.75, 3.05) is 23.0 Å². The van der Waals surface area contributed by atoms with Crippen molar-refractivity contribution in [1.29, 1.82) is 0 Å². The van der Waals surface area contributed by atoms with Crippen LogP contribution in [0.2, 0.25) is 0 Å².